The highest BCUT2D eigenvalue weighted by atomic mass is 19.3. The van der Waals surface area contributed by atoms with Crippen LogP contribution in [0.25, 0.3) is 0 Å². The second-order valence-electron chi connectivity index (χ2n) is 1.95. The van der Waals surface area contributed by atoms with E-state index in [1.165, 1.54) is 0 Å². The van der Waals surface area contributed by atoms with Gasteiger partial charge in [-0.25, -0.2) is 13.8 Å². The summed E-state index contributed by atoms with van der Waals surface area (Å²) >= 11 is 0. The molecule has 0 bridgehead atoms. The Kier molecular flexibility index (Phi) is 1.98. The molecule has 60 valence electrons. The molecule has 0 aliphatic carbocycles. The van der Waals surface area contributed by atoms with Gasteiger partial charge in [0.15, 0.2) is 0 Å². The summed E-state index contributed by atoms with van der Waals surface area (Å²) in [5.74, 6) is -0.986. The Morgan fingerprint density at radius 3 is 2.45 bits per heavy atom. The number of nitrogen functional groups attached to an aromatic ring is 1. The first-order chi connectivity index (χ1) is 5.09. The smallest absolute Gasteiger partial charge is 0.280 e. The Bertz CT molecular complexity index is 242. The van der Waals surface area contributed by atoms with Crippen LogP contribution in [0.1, 0.15) is 12.1 Å². The quantitative estimate of drug-likeness (QED) is 0.639. The van der Waals surface area contributed by atoms with Gasteiger partial charge in [0.2, 0.25) is 5.95 Å². The van der Waals surface area contributed by atoms with E-state index in [9.17, 15) is 13.2 Å². The molecule has 0 aliphatic rings. The van der Waals surface area contributed by atoms with E-state index in [0.717, 1.165) is 12.1 Å². The van der Waals surface area contributed by atoms with Crippen molar-refractivity contribution < 1.29 is 13.2 Å². The summed E-state index contributed by atoms with van der Waals surface area (Å²) in [5, 5.41) is 0. The van der Waals surface area contributed by atoms with E-state index in [4.69, 9.17) is 5.73 Å². The summed E-state index contributed by atoms with van der Waals surface area (Å²) in [4.78, 5) is 2.94. The highest BCUT2D eigenvalue weighted by Crippen LogP contribution is 2.18. The van der Waals surface area contributed by atoms with E-state index < -0.39 is 18.1 Å². The largest absolute Gasteiger partial charge is 0.399 e. The van der Waals surface area contributed by atoms with Crippen molar-refractivity contribution in [1.82, 2.24) is 4.98 Å². The molecule has 0 aliphatic heterocycles. The first-order valence-electron chi connectivity index (χ1n) is 2.80. The number of hydrogen-bond donors (Lipinski definition) is 1. The summed E-state index contributed by atoms with van der Waals surface area (Å²) in [7, 11) is 0. The van der Waals surface area contributed by atoms with Crippen LogP contribution in [-0.2, 0) is 0 Å². The summed E-state index contributed by atoms with van der Waals surface area (Å²) < 4.78 is 35.9. The molecule has 0 fully saturated rings. The Balaban J connectivity index is 3.08. The van der Waals surface area contributed by atoms with E-state index in [-0.39, 0.29) is 5.69 Å². The lowest BCUT2D eigenvalue weighted by atomic mass is 10.3. The lowest BCUT2D eigenvalue weighted by molar-refractivity contribution is 0.145. The molecule has 2 nitrogen and oxygen atoms in total. The Hall–Kier alpha value is -1.26. The van der Waals surface area contributed by atoms with Gasteiger partial charge in [-0.2, -0.15) is 4.39 Å². The maximum absolute atomic E-state index is 12.3. The lowest BCUT2D eigenvalue weighted by Gasteiger charge is -1.99. The van der Waals surface area contributed by atoms with E-state index in [2.05, 4.69) is 4.98 Å². The minimum Gasteiger partial charge on any atom is -0.399 e. The van der Waals surface area contributed by atoms with Gasteiger partial charge < -0.3 is 5.73 Å². The van der Waals surface area contributed by atoms with Crippen molar-refractivity contribution in [3.05, 3.63) is 23.8 Å². The van der Waals surface area contributed by atoms with Crippen molar-refractivity contribution in [3.8, 4) is 0 Å². The van der Waals surface area contributed by atoms with Crippen molar-refractivity contribution >= 4 is 5.69 Å². The van der Waals surface area contributed by atoms with E-state index in [1.54, 1.807) is 0 Å². The molecule has 0 unspecified atom stereocenters. The molecule has 0 aromatic carbocycles. The average Bonchev–Trinajstić information content (AvgIpc) is 1.85. The van der Waals surface area contributed by atoms with E-state index >= 15 is 0 Å². The van der Waals surface area contributed by atoms with Gasteiger partial charge in [0, 0.05) is 11.8 Å². The lowest BCUT2D eigenvalue weighted by Crippen LogP contribution is -1.96. The highest BCUT2D eigenvalue weighted by Gasteiger charge is 2.10. The SMILES string of the molecule is Nc1cc(F)nc(C(F)F)c1. The van der Waals surface area contributed by atoms with Gasteiger partial charge in [0.25, 0.3) is 6.43 Å². The third kappa shape index (κ3) is 1.83. The zero-order valence-corrected chi connectivity index (χ0v) is 5.39. The molecule has 5 heteroatoms. The predicted molar refractivity (Wildman–Crippen MR) is 33.6 cm³/mol. The molecule has 1 heterocycles. The predicted octanol–water partition coefficient (Wildman–Crippen LogP) is 1.74. The number of anilines is 1. The molecular formula is C6H5F3N2. The first kappa shape index (κ1) is 7.84. The number of nitrogens with two attached hydrogens (primary N) is 1. The monoisotopic (exact) mass is 162 g/mol. The second-order valence-corrected chi connectivity index (χ2v) is 1.95. The van der Waals surface area contributed by atoms with Crippen LogP contribution in [0, 0.1) is 5.95 Å². The minimum absolute atomic E-state index is 0.0483. The number of halogens is 3. The number of nitrogens with zero attached hydrogens (tertiary/aromatic N) is 1. The molecule has 0 atom stereocenters. The molecule has 0 spiro atoms. The average molecular weight is 162 g/mol. The Morgan fingerprint density at radius 2 is 2.00 bits per heavy atom. The minimum atomic E-state index is -2.78. The Labute approximate surface area is 60.9 Å². The number of alkyl halides is 2. The van der Waals surface area contributed by atoms with E-state index in [1.807, 2.05) is 0 Å². The standard InChI is InChI=1S/C6H5F3N2/c7-5-2-3(10)1-4(11-5)6(8)9/h1-2,6H,(H2,10,11). The fourth-order valence-corrected chi connectivity index (χ4v) is 0.650. The van der Waals surface area contributed by atoms with Crippen molar-refractivity contribution in [1.29, 1.82) is 0 Å². The van der Waals surface area contributed by atoms with Crippen LogP contribution in [0.4, 0.5) is 18.9 Å². The molecule has 0 saturated heterocycles. The van der Waals surface area contributed by atoms with Crippen molar-refractivity contribution in [2.24, 2.45) is 0 Å². The fraction of sp³-hybridized carbons (Fsp3) is 0.167. The number of rotatable bonds is 1. The van der Waals surface area contributed by atoms with Crippen LogP contribution in [-0.4, -0.2) is 4.98 Å². The van der Waals surface area contributed by atoms with Crippen molar-refractivity contribution in [2.75, 3.05) is 5.73 Å². The molecule has 0 saturated carbocycles. The van der Waals surface area contributed by atoms with Crippen LogP contribution in [0.3, 0.4) is 0 Å². The first-order valence-corrected chi connectivity index (χ1v) is 2.80. The normalized spacial score (nSPS) is 10.5. The zero-order valence-electron chi connectivity index (χ0n) is 5.39. The van der Waals surface area contributed by atoms with Gasteiger partial charge in [-0.3, -0.25) is 0 Å². The third-order valence-electron chi connectivity index (χ3n) is 1.06. The molecule has 0 radical (unpaired) electrons. The van der Waals surface area contributed by atoms with Crippen molar-refractivity contribution in [2.45, 2.75) is 6.43 Å². The molecule has 11 heavy (non-hydrogen) atoms. The van der Waals surface area contributed by atoms with Gasteiger partial charge in [-0.1, -0.05) is 0 Å². The second kappa shape index (κ2) is 2.77. The highest BCUT2D eigenvalue weighted by molar-refractivity contribution is 5.37. The van der Waals surface area contributed by atoms with E-state index in [0.29, 0.717) is 0 Å². The molecule has 1 aromatic rings. The fourth-order valence-electron chi connectivity index (χ4n) is 0.650. The number of pyridine rings is 1. The molecule has 1 rings (SSSR count). The van der Waals surface area contributed by atoms with Crippen molar-refractivity contribution in [3.63, 3.8) is 0 Å². The van der Waals surface area contributed by atoms with Crippen LogP contribution >= 0.6 is 0 Å². The van der Waals surface area contributed by atoms with Crippen LogP contribution in [0.15, 0.2) is 12.1 Å². The van der Waals surface area contributed by atoms with Gasteiger partial charge in [-0.15, -0.1) is 0 Å². The maximum atomic E-state index is 12.3. The molecule has 2 N–H and O–H groups in total. The molecular weight excluding hydrogens is 157 g/mol. The Morgan fingerprint density at radius 1 is 1.36 bits per heavy atom. The van der Waals surface area contributed by atoms with Gasteiger partial charge in [0.1, 0.15) is 5.69 Å². The maximum Gasteiger partial charge on any atom is 0.280 e. The summed E-state index contributed by atoms with van der Waals surface area (Å²) in [6.45, 7) is 0. The summed E-state index contributed by atoms with van der Waals surface area (Å²) in [6, 6.07) is 1.82. The summed E-state index contributed by atoms with van der Waals surface area (Å²) in [6.07, 6.45) is -2.78. The summed E-state index contributed by atoms with van der Waals surface area (Å²) in [5.41, 5.74) is 4.40. The molecule has 1 aromatic heterocycles. The number of aromatic nitrogens is 1. The van der Waals surface area contributed by atoms with Gasteiger partial charge in [-0.05, 0) is 6.07 Å². The number of hydrogen-bond acceptors (Lipinski definition) is 2. The van der Waals surface area contributed by atoms with Crippen LogP contribution in [0.5, 0.6) is 0 Å². The topological polar surface area (TPSA) is 38.9 Å². The van der Waals surface area contributed by atoms with Crippen LogP contribution in [0.2, 0.25) is 0 Å². The van der Waals surface area contributed by atoms with Crippen LogP contribution < -0.4 is 5.73 Å². The van der Waals surface area contributed by atoms with Gasteiger partial charge >= 0.3 is 0 Å². The zero-order chi connectivity index (χ0) is 8.43. The van der Waals surface area contributed by atoms with Gasteiger partial charge in [0.05, 0.1) is 0 Å². The third-order valence-corrected chi connectivity index (χ3v) is 1.06. The molecule has 0 amide bonds.